The third-order valence-corrected chi connectivity index (χ3v) is 3.59. The van der Waals surface area contributed by atoms with Crippen molar-refractivity contribution in [3.8, 4) is 0 Å². The summed E-state index contributed by atoms with van der Waals surface area (Å²) in [7, 11) is 0. The second-order valence-electron chi connectivity index (χ2n) is 4.01. The summed E-state index contributed by atoms with van der Waals surface area (Å²) >= 11 is 1.43. The molecule has 2 rings (SSSR count). The van der Waals surface area contributed by atoms with Gasteiger partial charge in [0.2, 0.25) is 0 Å². The first-order chi connectivity index (χ1) is 9.16. The summed E-state index contributed by atoms with van der Waals surface area (Å²) in [5.74, 6) is -1.20. The largest absolute Gasteiger partial charge is 0.481 e. The molecule has 1 heterocycles. The van der Waals surface area contributed by atoms with Crippen molar-refractivity contribution in [3.05, 3.63) is 58.3 Å². The Bertz CT molecular complexity index is 551. The van der Waals surface area contributed by atoms with Crippen LogP contribution in [0.4, 0.5) is 0 Å². The highest BCUT2D eigenvalue weighted by Gasteiger charge is 2.19. The van der Waals surface area contributed by atoms with E-state index >= 15 is 0 Å². The molecular weight excluding hydrogens is 262 g/mol. The van der Waals surface area contributed by atoms with Crippen LogP contribution in [0.3, 0.4) is 0 Å². The van der Waals surface area contributed by atoms with Crippen LogP contribution in [-0.2, 0) is 4.79 Å². The SMILES string of the molecule is O=C(O)C[C@@H](NC(=O)c1ccccc1)c1cccs1. The standard InChI is InChI=1S/C14H13NO3S/c16-13(17)9-11(12-7-4-8-19-12)15-14(18)10-5-2-1-3-6-10/h1-8,11H,9H2,(H,15,18)(H,16,17)/t11-/m1/s1. The van der Waals surface area contributed by atoms with Crippen molar-refractivity contribution in [3.63, 3.8) is 0 Å². The summed E-state index contributed by atoms with van der Waals surface area (Å²) in [6.45, 7) is 0. The van der Waals surface area contributed by atoms with Gasteiger partial charge in [0.05, 0.1) is 12.5 Å². The van der Waals surface area contributed by atoms with E-state index in [1.54, 1.807) is 24.3 Å². The zero-order chi connectivity index (χ0) is 13.7. The predicted octanol–water partition coefficient (Wildman–Crippen LogP) is 2.69. The monoisotopic (exact) mass is 275 g/mol. The number of benzene rings is 1. The average molecular weight is 275 g/mol. The van der Waals surface area contributed by atoms with Crippen LogP contribution in [0.1, 0.15) is 27.7 Å². The summed E-state index contributed by atoms with van der Waals surface area (Å²) < 4.78 is 0. The summed E-state index contributed by atoms with van der Waals surface area (Å²) in [5, 5.41) is 13.5. The molecule has 2 N–H and O–H groups in total. The number of aliphatic carboxylic acids is 1. The highest BCUT2D eigenvalue weighted by Crippen LogP contribution is 2.22. The second kappa shape index (κ2) is 6.15. The first-order valence-corrected chi connectivity index (χ1v) is 6.66. The van der Waals surface area contributed by atoms with Gasteiger partial charge in [-0.25, -0.2) is 0 Å². The molecule has 2 aromatic rings. The van der Waals surface area contributed by atoms with Gasteiger partial charge in [0.25, 0.3) is 5.91 Å². The molecule has 0 fully saturated rings. The van der Waals surface area contributed by atoms with Gasteiger partial charge in [-0.05, 0) is 23.6 Å². The Kier molecular flexibility index (Phi) is 4.30. The normalized spacial score (nSPS) is 11.8. The molecule has 0 spiro atoms. The van der Waals surface area contributed by atoms with Crippen LogP contribution in [0, 0.1) is 0 Å². The number of hydrogen-bond acceptors (Lipinski definition) is 3. The minimum Gasteiger partial charge on any atom is -0.481 e. The van der Waals surface area contributed by atoms with Crippen molar-refractivity contribution < 1.29 is 14.7 Å². The quantitative estimate of drug-likeness (QED) is 0.881. The predicted molar refractivity (Wildman–Crippen MR) is 73.2 cm³/mol. The van der Waals surface area contributed by atoms with Crippen molar-refractivity contribution in [2.45, 2.75) is 12.5 Å². The number of carbonyl (C=O) groups is 2. The van der Waals surface area contributed by atoms with E-state index in [0.717, 1.165) is 4.88 Å². The van der Waals surface area contributed by atoms with Gasteiger partial charge in [-0.1, -0.05) is 24.3 Å². The maximum atomic E-state index is 12.0. The van der Waals surface area contributed by atoms with E-state index in [4.69, 9.17) is 5.11 Å². The van der Waals surface area contributed by atoms with Gasteiger partial charge >= 0.3 is 5.97 Å². The fourth-order valence-electron chi connectivity index (χ4n) is 1.72. The van der Waals surface area contributed by atoms with Gasteiger partial charge in [0.15, 0.2) is 0 Å². The van der Waals surface area contributed by atoms with Crippen LogP contribution in [0.2, 0.25) is 0 Å². The summed E-state index contributed by atoms with van der Waals surface area (Å²) in [5.41, 5.74) is 0.523. The third kappa shape index (κ3) is 3.66. The van der Waals surface area contributed by atoms with Crippen molar-refractivity contribution in [2.24, 2.45) is 0 Å². The highest BCUT2D eigenvalue weighted by molar-refractivity contribution is 7.10. The molecule has 1 atom stereocenters. The van der Waals surface area contributed by atoms with Crippen LogP contribution >= 0.6 is 11.3 Å². The molecule has 0 aliphatic heterocycles. The average Bonchev–Trinajstić information content (AvgIpc) is 2.92. The van der Waals surface area contributed by atoms with Crippen LogP contribution in [0.5, 0.6) is 0 Å². The topological polar surface area (TPSA) is 66.4 Å². The van der Waals surface area contributed by atoms with E-state index in [1.165, 1.54) is 11.3 Å². The van der Waals surface area contributed by atoms with E-state index in [1.807, 2.05) is 23.6 Å². The Morgan fingerprint density at radius 3 is 2.47 bits per heavy atom. The Labute approximate surface area is 114 Å². The van der Waals surface area contributed by atoms with E-state index in [-0.39, 0.29) is 12.3 Å². The van der Waals surface area contributed by atoms with E-state index in [0.29, 0.717) is 5.56 Å². The lowest BCUT2D eigenvalue weighted by Gasteiger charge is -2.15. The maximum absolute atomic E-state index is 12.0. The van der Waals surface area contributed by atoms with Crippen LogP contribution in [0.25, 0.3) is 0 Å². The minimum atomic E-state index is -0.938. The van der Waals surface area contributed by atoms with Crippen molar-refractivity contribution in [2.75, 3.05) is 0 Å². The molecule has 0 unspecified atom stereocenters. The molecule has 0 aliphatic carbocycles. The number of amides is 1. The zero-order valence-electron chi connectivity index (χ0n) is 10.1. The lowest BCUT2D eigenvalue weighted by atomic mass is 10.1. The molecule has 0 radical (unpaired) electrons. The fourth-order valence-corrected chi connectivity index (χ4v) is 2.50. The first-order valence-electron chi connectivity index (χ1n) is 5.78. The number of rotatable bonds is 5. The second-order valence-corrected chi connectivity index (χ2v) is 4.98. The van der Waals surface area contributed by atoms with Gasteiger partial charge in [-0.3, -0.25) is 9.59 Å². The molecule has 5 heteroatoms. The van der Waals surface area contributed by atoms with Gasteiger partial charge in [0.1, 0.15) is 0 Å². The number of carboxylic acid groups (broad SMARTS) is 1. The Balaban J connectivity index is 2.12. The molecule has 1 amide bonds. The molecular formula is C14H13NO3S. The van der Waals surface area contributed by atoms with Crippen LogP contribution in [0.15, 0.2) is 47.8 Å². The number of hydrogen-bond donors (Lipinski definition) is 2. The molecule has 1 aromatic carbocycles. The number of thiophene rings is 1. The van der Waals surface area contributed by atoms with Crippen molar-refractivity contribution in [1.29, 1.82) is 0 Å². The number of nitrogens with one attached hydrogen (secondary N) is 1. The van der Waals surface area contributed by atoms with Crippen molar-refractivity contribution >= 4 is 23.2 Å². The van der Waals surface area contributed by atoms with Gasteiger partial charge in [0, 0.05) is 10.4 Å². The lowest BCUT2D eigenvalue weighted by Crippen LogP contribution is -2.29. The fraction of sp³-hybridized carbons (Fsp3) is 0.143. The van der Waals surface area contributed by atoms with E-state index < -0.39 is 12.0 Å². The Morgan fingerprint density at radius 1 is 1.16 bits per heavy atom. The molecule has 0 saturated heterocycles. The first kappa shape index (κ1) is 13.3. The molecule has 0 bridgehead atoms. The zero-order valence-corrected chi connectivity index (χ0v) is 10.9. The lowest BCUT2D eigenvalue weighted by molar-refractivity contribution is -0.137. The molecule has 4 nitrogen and oxygen atoms in total. The molecule has 98 valence electrons. The minimum absolute atomic E-state index is 0.126. The van der Waals surface area contributed by atoms with Gasteiger partial charge in [-0.2, -0.15) is 0 Å². The third-order valence-electron chi connectivity index (χ3n) is 2.61. The number of carboxylic acids is 1. The maximum Gasteiger partial charge on any atom is 0.305 e. The molecule has 0 saturated carbocycles. The van der Waals surface area contributed by atoms with Gasteiger partial charge in [-0.15, -0.1) is 11.3 Å². The summed E-state index contributed by atoms with van der Waals surface area (Å²) in [6.07, 6.45) is -0.126. The van der Waals surface area contributed by atoms with E-state index in [9.17, 15) is 9.59 Å². The Hall–Kier alpha value is -2.14. The Morgan fingerprint density at radius 2 is 1.89 bits per heavy atom. The summed E-state index contributed by atoms with van der Waals surface area (Å²) in [6, 6.07) is 11.9. The van der Waals surface area contributed by atoms with E-state index in [2.05, 4.69) is 5.32 Å². The molecule has 0 aliphatic rings. The smallest absolute Gasteiger partial charge is 0.305 e. The van der Waals surface area contributed by atoms with Crippen LogP contribution in [-0.4, -0.2) is 17.0 Å². The highest BCUT2D eigenvalue weighted by atomic mass is 32.1. The molecule has 19 heavy (non-hydrogen) atoms. The number of carbonyl (C=O) groups excluding carboxylic acids is 1. The van der Waals surface area contributed by atoms with Crippen molar-refractivity contribution in [1.82, 2.24) is 5.32 Å². The van der Waals surface area contributed by atoms with Gasteiger partial charge < -0.3 is 10.4 Å². The molecule has 1 aromatic heterocycles. The summed E-state index contributed by atoms with van der Waals surface area (Å²) in [4.78, 5) is 23.7. The van der Waals surface area contributed by atoms with Crippen LogP contribution < -0.4 is 5.32 Å².